The van der Waals surface area contributed by atoms with Crippen LogP contribution < -0.4 is 10.1 Å². The lowest BCUT2D eigenvalue weighted by molar-refractivity contribution is -0.118. The zero-order valence-electron chi connectivity index (χ0n) is 11.0. The van der Waals surface area contributed by atoms with E-state index in [9.17, 15) is 4.79 Å². The lowest BCUT2D eigenvalue weighted by atomic mass is 10.00. The maximum absolute atomic E-state index is 11.4. The molecule has 0 saturated heterocycles. The van der Waals surface area contributed by atoms with E-state index < -0.39 is 0 Å². The molecule has 0 bridgehead atoms. The van der Waals surface area contributed by atoms with Crippen molar-refractivity contribution in [1.82, 2.24) is 0 Å². The Morgan fingerprint density at radius 2 is 1.95 bits per heavy atom. The van der Waals surface area contributed by atoms with Crippen LogP contribution in [0.2, 0.25) is 0 Å². The van der Waals surface area contributed by atoms with Crippen LogP contribution in [0, 0.1) is 13.8 Å². The number of rotatable bonds is 1. The summed E-state index contributed by atoms with van der Waals surface area (Å²) in [4.78, 5) is 11.4. The molecule has 1 amide bonds. The Morgan fingerprint density at radius 1 is 1.11 bits per heavy atom. The summed E-state index contributed by atoms with van der Waals surface area (Å²) in [7, 11) is 0. The minimum absolute atomic E-state index is 0.0949. The fraction of sp³-hybridized carbons (Fsp3) is 0.188. The van der Waals surface area contributed by atoms with Crippen molar-refractivity contribution in [3.63, 3.8) is 0 Å². The molecule has 2 aromatic carbocycles. The van der Waals surface area contributed by atoms with Gasteiger partial charge in [0.1, 0.15) is 5.75 Å². The zero-order chi connectivity index (χ0) is 13.4. The number of amides is 1. The average molecular weight is 253 g/mol. The van der Waals surface area contributed by atoms with Crippen molar-refractivity contribution in [2.24, 2.45) is 0 Å². The lowest BCUT2D eigenvalue weighted by Crippen LogP contribution is -2.25. The molecule has 3 rings (SSSR count). The Labute approximate surface area is 112 Å². The van der Waals surface area contributed by atoms with Crippen LogP contribution in [-0.2, 0) is 4.79 Å². The van der Waals surface area contributed by atoms with Crippen LogP contribution in [0.15, 0.2) is 36.4 Å². The Bertz CT molecular complexity index is 662. The van der Waals surface area contributed by atoms with Crippen LogP contribution in [0.4, 0.5) is 5.69 Å². The Balaban J connectivity index is 2.11. The van der Waals surface area contributed by atoms with E-state index in [-0.39, 0.29) is 12.5 Å². The zero-order valence-corrected chi connectivity index (χ0v) is 11.0. The predicted octanol–water partition coefficient (Wildman–Crippen LogP) is 3.30. The van der Waals surface area contributed by atoms with Gasteiger partial charge in [-0.2, -0.15) is 0 Å². The van der Waals surface area contributed by atoms with E-state index in [4.69, 9.17) is 4.74 Å². The number of aryl methyl sites for hydroxylation is 2. The summed E-state index contributed by atoms with van der Waals surface area (Å²) in [6.07, 6.45) is 0. The van der Waals surface area contributed by atoms with Crippen molar-refractivity contribution >= 4 is 11.6 Å². The molecule has 19 heavy (non-hydrogen) atoms. The molecule has 0 spiro atoms. The fourth-order valence-corrected chi connectivity index (χ4v) is 2.37. The van der Waals surface area contributed by atoms with E-state index in [0.717, 1.165) is 28.1 Å². The van der Waals surface area contributed by atoms with Gasteiger partial charge in [-0.1, -0.05) is 29.8 Å². The molecule has 0 atom stereocenters. The molecule has 1 aliphatic rings. The monoisotopic (exact) mass is 253 g/mol. The van der Waals surface area contributed by atoms with Gasteiger partial charge in [0.25, 0.3) is 5.91 Å². The minimum Gasteiger partial charge on any atom is -0.481 e. The predicted molar refractivity (Wildman–Crippen MR) is 75.5 cm³/mol. The van der Waals surface area contributed by atoms with Crippen molar-refractivity contribution in [3.8, 4) is 16.9 Å². The SMILES string of the molecule is Cc1cccc(-c2cc(C)c3c(c2)NC(=O)CO3)c1. The summed E-state index contributed by atoms with van der Waals surface area (Å²) < 4.78 is 5.47. The van der Waals surface area contributed by atoms with Gasteiger partial charge < -0.3 is 10.1 Å². The second-order valence-corrected chi connectivity index (χ2v) is 4.88. The molecule has 2 aromatic rings. The van der Waals surface area contributed by atoms with Gasteiger partial charge >= 0.3 is 0 Å². The first-order chi connectivity index (χ1) is 9.13. The summed E-state index contributed by atoms with van der Waals surface area (Å²) >= 11 is 0. The summed E-state index contributed by atoms with van der Waals surface area (Å²) in [6.45, 7) is 4.16. The fourth-order valence-electron chi connectivity index (χ4n) is 2.37. The van der Waals surface area contributed by atoms with E-state index in [1.807, 2.05) is 19.1 Å². The highest BCUT2D eigenvalue weighted by Gasteiger charge is 2.18. The molecular formula is C16H15NO2. The average Bonchev–Trinajstić information content (AvgIpc) is 2.38. The van der Waals surface area contributed by atoms with E-state index in [0.29, 0.717) is 0 Å². The first-order valence-corrected chi connectivity index (χ1v) is 6.28. The number of anilines is 1. The van der Waals surface area contributed by atoms with Gasteiger partial charge in [0.05, 0.1) is 5.69 Å². The van der Waals surface area contributed by atoms with E-state index in [2.05, 4.69) is 36.5 Å². The van der Waals surface area contributed by atoms with Crippen molar-refractivity contribution in [2.45, 2.75) is 13.8 Å². The van der Waals surface area contributed by atoms with Gasteiger partial charge in [-0.05, 0) is 42.7 Å². The highest BCUT2D eigenvalue weighted by Crippen LogP contribution is 2.36. The first kappa shape index (κ1) is 11.8. The Kier molecular flexibility index (Phi) is 2.75. The molecule has 0 unspecified atom stereocenters. The van der Waals surface area contributed by atoms with Crippen LogP contribution in [0.5, 0.6) is 5.75 Å². The molecule has 96 valence electrons. The highest BCUT2D eigenvalue weighted by molar-refractivity contribution is 5.96. The number of benzene rings is 2. The summed E-state index contributed by atoms with van der Waals surface area (Å²) in [6, 6.07) is 12.4. The van der Waals surface area contributed by atoms with Crippen LogP contribution in [0.3, 0.4) is 0 Å². The summed E-state index contributed by atoms with van der Waals surface area (Å²) in [5.41, 5.74) is 5.24. The number of fused-ring (bicyclic) bond motifs is 1. The first-order valence-electron chi connectivity index (χ1n) is 6.28. The van der Waals surface area contributed by atoms with Gasteiger partial charge in [-0.3, -0.25) is 4.79 Å². The number of ether oxygens (including phenoxy) is 1. The molecule has 1 aliphatic heterocycles. The van der Waals surface area contributed by atoms with Gasteiger partial charge in [-0.25, -0.2) is 0 Å². The maximum Gasteiger partial charge on any atom is 0.262 e. The molecule has 3 nitrogen and oxygen atoms in total. The van der Waals surface area contributed by atoms with Gasteiger partial charge in [0, 0.05) is 0 Å². The molecule has 1 N–H and O–H groups in total. The second kappa shape index (κ2) is 4.43. The van der Waals surface area contributed by atoms with Crippen LogP contribution >= 0.6 is 0 Å². The van der Waals surface area contributed by atoms with Crippen molar-refractivity contribution < 1.29 is 9.53 Å². The Morgan fingerprint density at radius 3 is 2.74 bits per heavy atom. The molecule has 0 aliphatic carbocycles. The van der Waals surface area contributed by atoms with Crippen LogP contribution in [0.25, 0.3) is 11.1 Å². The molecule has 0 saturated carbocycles. The number of hydrogen-bond donors (Lipinski definition) is 1. The van der Waals surface area contributed by atoms with Gasteiger partial charge in [0.2, 0.25) is 0 Å². The molecule has 0 fully saturated rings. The molecule has 0 radical (unpaired) electrons. The van der Waals surface area contributed by atoms with Crippen LogP contribution in [0.1, 0.15) is 11.1 Å². The van der Waals surface area contributed by atoms with Crippen LogP contribution in [-0.4, -0.2) is 12.5 Å². The van der Waals surface area contributed by atoms with Gasteiger partial charge in [0.15, 0.2) is 6.61 Å². The summed E-state index contributed by atoms with van der Waals surface area (Å²) in [5, 5.41) is 2.86. The third-order valence-corrected chi connectivity index (χ3v) is 3.25. The lowest BCUT2D eigenvalue weighted by Gasteiger charge is -2.21. The molecule has 0 aromatic heterocycles. The Hall–Kier alpha value is -2.29. The van der Waals surface area contributed by atoms with Gasteiger partial charge in [-0.15, -0.1) is 0 Å². The second-order valence-electron chi connectivity index (χ2n) is 4.88. The van der Waals surface area contributed by atoms with E-state index >= 15 is 0 Å². The number of hydrogen-bond acceptors (Lipinski definition) is 2. The molecule has 1 heterocycles. The van der Waals surface area contributed by atoms with Crippen molar-refractivity contribution in [2.75, 3.05) is 11.9 Å². The van der Waals surface area contributed by atoms with E-state index in [1.165, 1.54) is 5.56 Å². The maximum atomic E-state index is 11.4. The van der Waals surface area contributed by atoms with Crippen molar-refractivity contribution in [1.29, 1.82) is 0 Å². The third kappa shape index (κ3) is 2.19. The van der Waals surface area contributed by atoms with Crippen molar-refractivity contribution in [3.05, 3.63) is 47.5 Å². The smallest absolute Gasteiger partial charge is 0.262 e. The topological polar surface area (TPSA) is 38.3 Å². The third-order valence-electron chi connectivity index (χ3n) is 3.25. The number of carbonyl (C=O) groups is 1. The number of nitrogens with one attached hydrogen (secondary N) is 1. The quantitative estimate of drug-likeness (QED) is 0.846. The number of carbonyl (C=O) groups excluding carboxylic acids is 1. The minimum atomic E-state index is -0.103. The highest BCUT2D eigenvalue weighted by atomic mass is 16.5. The van der Waals surface area contributed by atoms with E-state index in [1.54, 1.807) is 0 Å². The normalized spacial score (nSPS) is 13.5. The summed E-state index contributed by atoms with van der Waals surface area (Å²) in [5.74, 6) is 0.671. The largest absolute Gasteiger partial charge is 0.481 e. The molecule has 3 heteroatoms. The molecular weight excluding hydrogens is 238 g/mol. The standard InChI is InChI=1S/C16H15NO2/c1-10-4-3-5-12(6-10)13-7-11(2)16-14(8-13)17-15(18)9-19-16/h3-8H,9H2,1-2H3,(H,17,18).